The monoisotopic (exact) mass is 599 g/mol. The number of hydrogen-bond donors (Lipinski definition) is 0. The van der Waals surface area contributed by atoms with Crippen molar-refractivity contribution in [3.8, 4) is 5.75 Å². The van der Waals surface area contributed by atoms with Crippen molar-refractivity contribution in [1.29, 1.82) is 0 Å². The van der Waals surface area contributed by atoms with E-state index in [1.54, 1.807) is 6.07 Å². The van der Waals surface area contributed by atoms with Crippen LogP contribution in [0.1, 0.15) is 87.2 Å². The zero-order valence-electron chi connectivity index (χ0n) is 15.2. The van der Waals surface area contributed by atoms with E-state index in [1.807, 2.05) is 6.07 Å². The minimum absolute atomic E-state index is 0. The maximum atomic E-state index is 12.8. The molecule has 1 aromatic carbocycles. The Morgan fingerprint density at radius 3 is 1.89 bits per heavy atom. The van der Waals surface area contributed by atoms with Gasteiger partial charge >= 0.3 is 15.6 Å². The first kappa shape index (κ1) is 22.9. The van der Waals surface area contributed by atoms with E-state index < -0.39 is 15.6 Å². The van der Waals surface area contributed by atoms with Crippen molar-refractivity contribution >= 4 is 36.3 Å². The summed E-state index contributed by atoms with van der Waals surface area (Å²) in [6, 6.07) is 4.95. The summed E-state index contributed by atoms with van der Waals surface area (Å²) in [6.45, 7) is 0. The van der Waals surface area contributed by atoms with E-state index in [0.29, 0.717) is 5.56 Å². The fraction of sp³-hybridized carbons (Fsp3) is 0.684. The van der Waals surface area contributed by atoms with Gasteiger partial charge in [0.25, 0.3) is 0 Å². The van der Waals surface area contributed by atoms with Gasteiger partial charge in [-0.05, 0) is 49.1 Å². The van der Waals surface area contributed by atoms with Crippen molar-refractivity contribution in [2.24, 2.45) is 0 Å². The zero-order valence-corrected chi connectivity index (χ0v) is 19.5. The molecule has 2 aliphatic carbocycles. The van der Waals surface area contributed by atoms with Crippen LogP contribution in [0, 0.1) is 0 Å². The summed E-state index contributed by atoms with van der Waals surface area (Å²) in [5.41, 5.74) is -3.73. The maximum Gasteiger partial charge on any atom is 0.534 e. The molecule has 2 aliphatic rings. The zero-order chi connectivity index (χ0) is 18.8. The normalized spacial score (nSPS) is 20.1. The predicted octanol–water partition coefficient (Wildman–Crippen LogP) is 5.63. The molecule has 1 aromatic rings. The summed E-state index contributed by atoms with van der Waals surface area (Å²) in [5, 5.41) is 0. The molecule has 0 spiro atoms. The van der Waals surface area contributed by atoms with Crippen LogP contribution in [-0.2, 0) is 10.1 Å². The molecule has 3 nitrogen and oxygen atoms in total. The molecule has 0 aromatic heterocycles. The largest absolute Gasteiger partial charge is 0.534 e. The third-order valence-corrected chi connectivity index (χ3v) is 6.61. The van der Waals surface area contributed by atoms with E-state index >= 15 is 0 Å². The molecule has 0 atom stereocenters. The average molecular weight is 599 g/mol. The Balaban J connectivity index is 0.00000261. The predicted molar refractivity (Wildman–Crippen MR) is 99.5 cm³/mol. The molecule has 2 saturated carbocycles. The third kappa shape index (κ3) is 5.37. The summed E-state index contributed by atoms with van der Waals surface area (Å²) < 4.78 is 66.3. The van der Waals surface area contributed by atoms with Crippen LogP contribution in [0.15, 0.2) is 18.2 Å². The van der Waals surface area contributed by atoms with Crippen LogP contribution in [0.5, 0.6) is 5.75 Å². The molecule has 3 rings (SSSR count). The van der Waals surface area contributed by atoms with Crippen LogP contribution in [0.25, 0.3) is 0 Å². The molecule has 3 radical (unpaired) electrons. The first-order chi connectivity index (χ1) is 12.3. The Hall–Kier alpha value is -0.357. The van der Waals surface area contributed by atoms with E-state index in [9.17, 15) is 21.6 Å². The maximum absolute atomic E-state index is 12.8. The number of benzene rings is 1. The van der Waals surface area contributed by atoms with Crippen LogP contribution in [-0.4, -0.2) is 40.1 Å². The second kappa shape index (κ2) is 9.43. The van der Waals surface area contributed by atoms with Crippen LogP contribution in [0.4, 0.5) is 13.2 Å². The van der Waals surface area contributed by atoms with Crippen LogP contribution in [0.2, 0.25) is 0 Å². The Labute approximate surface area is 178 Å². The van der Waals surface area contributed by atoms with Crippen LogP contribution >= 0.6 is 0 Å². The van der Waals surface area contributed by atoms with E-state index in [0.717, 1.165) is 63.4 Å². The quantitative estimate of drug-likeness (QED) is 0.256. The topological polar surface area (TPSA) is 43.4 Å². The molecular formula is C19H25BiF3O3S. The Kier molecular flexibility index (Phi) is 8.01. The fourth-order valence-corrected chi connectivity index (χ4v) is 4.87. The first-order valence-electron chi connectivity index (χ1n) is 9.43. The third-order valence-electron chi connectivity index (χ3n) is 5.64. The van der Waals surface area contributed by atoms with E-state index in [-0.39, 0.29) is 43.8 Å². The molecule has 151 valence electrons. The Morgan fingerprint density at radius 1 is 0.852 bits per heavy atom. The Morgan fingerprint density at radius 2 is 1.37 bits per heavy atom. The molecule has 0 bridgehead atoms. The second-order valence-corrected chi connectivity index (χ2v) is 8.95. The minimum atomic E-state index is -5.66. The van der Waals surface area contributed by atoms with Gasteiger partial charge in [0.2, 0.25) is 0 Å². The first-order valence-corrected chi connectivity index (χ1v) is 10.8. The fourth-order valence-electron chi connectivity index (χ4n) is 4.40. The summed E-state index contributed by atoms with van der Waals surface area (Å²) in [5.74, 6) is 0.218. The van der Waals surface area contributed by atoms with Gasteiger partial charge < -0.3 is 4.18 Å². The number of hydrogen-bond acceptors (Lipinski definition) is 3. The van der Waals surface area contributed by atoms with Gasteiger partial charge in [-0.3, -0.25) is 0 Å². The van der Waals surface area contributed by atoms with Crippen LogP contribution < -0.4 is 4.18 Å². The molecular weight excluding hydrogens is 574 g/mol. The average Bonchev–Trinajstić information content (AvgIpc) is 2.62. The van der Waals surface area contributed by atoms with Gasteiger partial charge in [0.1, 0.15) is 5.75 Å². The smallest absolute Gasteiger partial charge is 0.376 e. The molecule has 0 heterocycles. The van der Waals surface area contributed by atoms with Gasteiger partial charge in [-0.15, -0.1) is 0 Å². The number of alkyl halides is 3. The SMILES string of the molecule is O=S(=O)(Oc1cccc(C2CCCCC2)c1C1CCCCC1)C(F)(F)F.[Bi]. The van der Waals surface area contributed by atoms with Gasteiger partial charge in [-0.2, -0.15) is 21.6 Å². The molecule has 0 saturated heterocycles. The summed E-state index contributed by atoms with van der Waals surface area (Å²) in [4.78, 5) is 0. The van der Waals surface area contributed by atoms with Gasteiger partial charge in [-0.1, -0.05) is 50.7 Å². The van der Waals surface area contributed by atoms with Crippen LogP contribution in [0.3, 0.4) is 0 Å². The Bertz CT molecular complexity index is 722. The molecule has 0 N–H and O–H groups in total. The van der Waals surface area contributed by atoms with Crippen molar-refractivity contribution in [1.82, 2.24) is 0 Å². The molecule has 2 fully saturated rings. The summed E-state index contributed by atoms with van der Waals surface area (Å²) in [6.07, 6.45) is 10.2. The van der Waals surface area contributed by atoms with Crippen molar-refractivity contribution < 1.29 is 25.8 Å². The van der Waals surface area contributed by atoms with E-state index in [2.05, 4.69) is 4.18 Å². The molecule has 8 heteroatoms. The van der Waals surface area contributed by atoms with Gasteiger partial charge in [0.15, 0.2) is 0 Å². The molecule has 0 amide bonds. The summed E-state index contributed by atoms with van der Waals surface area (Å²) >= 11 is 0. The molecule has 0 aliphatic heterocycles. The summed E-state index contributed by atoms with van der Waals surface area (Å²) in [7, 11) is -5.66. The van der Waals surface area contributed by atoms with Crippen molar-refractivity contribution in [2.45, 2.75) is 81.6 Å². The second-order valence-electron chi connectivity index (χ2n) is 7.41. The van der Waals surface area contributed by atoms with Gasteiger partial charge in [-0.25, -0.2) is 0 Å². The van der Waals surface area contributed by atoms with Gasteiger partial charge in [0, 0.05) is 31.8 Å². The van der Waals surface area contributed by atoms with Crippen molar-refractivity contribution in [3.05, 3.63) is 29.3 Å². The van der Waals surface area contributed by atoms with Gasteiger partial charge in [0.05, 0.1) is 0 Å². The van der Waals surface area contributed by atoms with E-state index in [4.69, 9.17) is 0 Å². The van der Waals surface area contributed by atoms with Crippen molar-refractivity contribution in [3.63, 3.8) is 0 Å². The number of rotatable bonds is 4. The molecule has 27 heavy (non-hydrogen) atoms. The number of halogens is 3. The molecule has 0 unspecified atom stereocenters. The standard InChI is InChI=1S/C19H25F3O3S.Bi/c20-19(21,22)26(23,24)25-17-13-7-12-16(14-8-3-1-4-9-14)18(17)15-10-5-2-6-11-15;/h7,12-15H,1-6,8-11H2;. The minimum Gasteiger partial charge on any atom is -0.376 e. The van der Waals surface area contributed by atoms with Crippen molar-refractivity contribution in [2.75, 3.05) is 0 Å². The van der Waals surface area contributed by atoms with E-state index in [1.165, 1.54) is 12.5 Å².